The molecule has 1 saturated carbocycles. The molecule has 5 nitrogen and oxygen atoms in total. The van der Waals surface area contributed by atoms with Crippen molar-refractivity contribution in [3.63, 3.8) is 0 Å². The van der Waals surface area contributed by atoms with Crippen molar-refractivity contribution in [3.05, 3.63) is 0 Å². The molecular weight excluding hydrogens is 276 g/mol. The van der Waals surface area contributed by atoms with Crippen LogP contribution >= 0.6 is 0 Å². The summed E-state index contributed by atoms with van der Waals surface area (Å²) in [6.07, 6.45) is 3.54. The third-order valence-corrected chi connectivity index (χ3v) is 6.37. The largest absolute Gasteiger partial charge is 0.458 e. The van der Waals surface area contributed by atoms with Gasteiger partial charge >= 0.3 is 4.59 Å². The number of sulfonamides is 1. The Morgan fingerprint density at radius 2 is 1.53 bits per heavy atom. The second kappa shape index (κ2) is 4.77. The van der Waals surface area contributed by atoms with Crippen LogP contribution in [-0.4, -0.2) is 33.7 Å². The lowest BCUT2D eigenvalue weighted by Gasteiger charge is -2.24. The summed E-state index contributed by atoms with van der Waals surface area (Å²) in [4.78, 5) is 0. The molecule has 0 aromatic heterocycles. The second-order valence-corrected chi connectivity index (χ2v) is 8.26. The van der Waals surface area contributed by atoms with Gasteiger partial charge in [-0.3, -0.25) is 0 Å². The Hall–Kier alpha value is -0.280. The van der Waals surface area contributed by atoms with Crippen LogP contribution in [0.15, 0.2) is 0 Å². The van der Waals surface area contributed by atoms with Gasteiger partial charge in [-0.15, -0.1) is 0 Å². The molecule has 1 fully saturated rings. The number of nitrogens with one attached hydrogen (secondary N) is 1. The summed E-state index contributed by atoms with van der Waals surface area (Å²) in [6.45, 7) is 0. The van der Waals surface area contributed by atoms with E-state index in [4.69, 9.17) is 0 Å². The van der Waals surface area contributed by atoms with Gasteiger partial charge in [-0.05, 0) is 12.8 Å². The van der Waals surface area contributed by atoms with Gasteiger partial charge in [0.2, 0.25) is 9.84 Å². The van der Waals surface area contributed by atoms with Crippen molar-refractivity contribution in [3.8, 4) is 0 Å². The maximum absolute atomic E-state index is 13.2. The summed E-state index contributed by atoms with van der Waals surface area (Å²) < 4.78 is 67.7. The van der Waals surface area contributed by atoms with Crippen molar-refractivity contribution in [2.75, 3.05) is 6.26 Å². The van der Waals surface area contributed by atoms with E-state index in [9.17, 15) is 25.6 Å². The molecule has 0 unspecified atom stereocenters. The fourth-order valence-electron chi connectivity index (χ4n) is 1.71. The highest BCUT2D eigenvalue weighted by molar-refractivity contribution is 8.08. The molecule has 0 aliphatic heterocycles. The smallest absolute Gasteiger partial charge is 0.222 e. The number of sulfone groups is 1. The minimum absolute atomic E-state index is 0.201. The lowest BCUT2D eigenvalue weighted by atomic mass is 9.96. The van der Waals surface area contributed by atoms with Gasteiger partial charge in [0, 0.05) is 12.3 Å². The molecule has 1 aliphatic carbocycles. The van der Waals surface area contributed by atoms with Crippen molar-refractivity contribution in [2.24, 2.45) is 0 Å². The van der Waals surface area contributed by atoms with Gasteiger partial charge in [0.15, 0.2) is 0 Å². The van der Waals surface area contributed by atoms with Gasteiger partial charge in [-0.1, -0.05) is 19.3 Å². The second-order valence-electron chi connectivity index (χ2n) is 4.19. The van der Waals surface area contributed by atoms with Crippen LogP contribution in [-0.2, 0) is 19.9 Å². The number of hydrogen-bond acceptors (Lipinski definition) is 4. The Morgan fingerprint density at radius 1 is 1.06 bits per heavy atom. The highest BCUT2D eigenvalue weighted by Gasteiger charge is 2.55. The molecule has 1 N–H and O–H groups in total. The minimum Gasteiger partial charge on any atom is -0.222 e. The average molecular weight is 291 g/mol. The van der Waals surface area contributed by atoms with E-state index in [0.29, 0.717) is 12.8 Å². The van der Waals surface area contributed by atoms with E-state index < -0.39 is 30.5 Å². The van der Waals surface area contributed by atoms with Crippen molar-refractivity contribution in [2.45, 2.75) is 42.7 Å². The van der Waals surface area contributed by atoms with E-state index in [-0.39, 0.29) is 6.26 Å². The molecule has 1 aliphatic rings. The zero-order chi connectivity index (χ0) is 13.3. The lowest BCUT2D eigenvalue weighted by molar-refractivity contribution is 0.177. The lowest BCUT2D eigenvalue weighted by Crippen LogP contribution is -2.48. The molecule has 9 heteroatoms. The normalized spacial score (nSPS) is 20.4. The van der Waals surface area contributed by atoms with Crippen LogP contribution in [0.25, 0.3) is 0 Å². The molecule has 1 rings (SSSR count). The first-order valence-corrected chi connectivity index (χ1v) is 8.54. The van der Waals surface area contributed by atoms with E-state index in [1.165, 1.54) is 0 Å². The highest BCUT2D eigenvalue weighted by Crippen LogP contribution is 2.28. The Kier molecular flexibility index (Phi) is 4.15. The Balaban J connectivity index is 2.88. The summed E-state index contributed by atoms with van der Waals surface area (Å²) in [6, 6.07) is -0.596. The highest BCUT2D eigenvalue weighted by atomic mass is 32.3. The average Bonchev–Trinajstić information content (AvgIpc) is 2.16. The van der Waals surface area contributed by atoms with Crippen molar-refractivity contribution in [1.29, 1.82) is 0 Å². The molecule has 0 saturated heterocycles. The maximum atomic E-state index is 13.2. The van der Waals surface area contributed by atoms with Crippen molar-refractivity contribution >= 4 is 19.9 Å². The summed E-state index contributed by atoms with van der Waals surface area (Å²) in [5, 5.41) is 0. The maximum Gasteiger partial charge on any atom is 0.458 e. The number of rotatable bonds is 4. The van der Waals surface area contributed by atoms with Crippen LogP contribution in [0.2, 0.25) is 0 Å². The molecule has 0 aromatic carbocycles. The molecule has 0 amide bonds. The minimum atomic E-state index is -5.19. The first-order valence-electron chi connectivity index (χ1n) is 5.17. The van der Waals surface area contributed by atoms with E-state index in [1.807, 2.05) is 0 Å². The summed E-state index contributed by atoms with van der Waals surface area (Å²) in [5.41, 5.74) is 0. The van der Waals surface area contributed by atoms with Gasteiger partial charge in [0.05, 0.1) is 0 Å². The first-order chi connectivity index (χ1) is 7.58. The molecule has 0 bridgehead atoms. The molecule has 0 radical (unpaired) electrons. The van der Waals surface area contributed by atoms with E-state index in [2.05, 4.69) is 0 Å². The van der Waals surface area contributed by atoms with Crippen LogP contribution in [0, 0.1) is 0 Å². The molecule has 102 valence electrons. The quantitative estimate of drug-likeness (QED) is 0.832. The van der Waals surface area contributed by atoms with Gasteiger partial charge in [-0.25, -0.2) is 21.6 Å². The fourth-order valence-corrected chi connectivity index (χ4v) is 4.26. The van der Waals surface area contributed by atoms with Gasteiger partial charge < -0.3 is 0 Å². The van der Waals surface area contributed by atoms with Gasteiger partial charge in [0.25, 0.3) is 10.0 Å². The van der Waals surface area contributed by atoms with E-state index >= 15 is 0 Å². The number of hydrogen-bond donors (Lipinski definition) is 1. The topological polar surface area (TPSA) is 80.3 Å². The van der Waals surface area contributed by atoms with Crippen LogP contribution in [0.4, 0.5) is 8.78 Å². The molecule has 0 aromatic rings. The zero-order valence-corrected chi connectivity index (χ0v) is 11.0. The standard InChI is InChI=1S/C8H15F2NO4S2/c1-16(12,13)8(9,10)17(14,15)11-7-5-3-2-4-6-7/h7,11H,2-6H2,1H3. The first kappa shape index (κ1) is 14.8. The zero-order valence-electron chi connectivity index (χ0n) is 9.32. The Labute approximate surface area is 99.6 Å². The predicted molar refractivity (Wildman–Crippen MR) is 58.7 cm³/mol. The Bertz CT molecular complexity index is 466. The van der Waals surface area contributed by atoms with Crippen LogP contribution in [0.5, 0.6) is 0 Å². The SMILES string of the molecule is CS(=O)(=O)C(F)(F)S(=O)(=O)NC1CCCCC1. The van der Waals surface area contributed by atoms with Crippen LogP contribution in [0.1, 0.15) is 32.1 Å². The predicted octanol–water partition coefficient (Wildman–Crippen LogP) is 0.833. The summed E-state index contributed by atoms with van der Waals surface area (Å²) >= 11 is 0. The number of alkyl halides is 2. The van der Waals surface area contributed by atoms with Crippen LogP contribution < -0.4 is 4.72 Å². The monoisotopic (exact) mass is 291 g/mol. The Morgan fingerprint density at radius 3 is 1.94 bits per heavy atom. The summed E-state index contributed by atoms with van der Waals surface area (Å²) in [5.74, 6) is 0. The molecular formula is C8H15F2NO4S2. The third-order valence-electron chi connectivity index (χ3n) is 2.67. The van der Waals surface area contributed by atoms with E-state index in [0.717, 1.165) is 19.3 Å². The third kappa shape index (κ3) is 3.14. The number of halogens is 2. The molecule has 17 heavy (non-hydrogen) atoms. The van der Waals surface area contributed by atoms with Crippen LogP contribution in [0.3, 0.4) is 0 Å². The van der Waals surface area contributed by atoms with Gasteiger partial charge in [-0.2, -0.15) is 8.78 Å². The molecule has 0 spiro atoms. The molecule has 0 heterocycles. The van der Waals surface area contributed by atoms with E-state index in [1.54, 1.807) is 4.72 Å². The fraction of sp³-hybridized carbons (Fsp3) is 1.00. The summed E-state index contributed by atoms with van der Waals surface area (Å²) in [7, 11) is -10.2. The molecule has 0 atom stereocenters. The van der Waals surface area contributed by atoms with Gasteiger partial charge in [0.1, 0.15) is 0 Å². The van der Waals surface area contributed by atoms with Crippen molar-refractivity contribution < 1.29 is 25.6 Å². The van der Waals surface area contributed by atoms with Crippen molar-refractivity contribution in [1.82, 2.24) is 4.72 Å².